The first-order chi connectivity index (χ1) is 15.0. The van der Waals surface area contributed by atoms with Crippen molar-refractivity contribution >= 4 is 22.8 Å². The number of hydrogen-bond donors (Lipinski definition) is 2. The van der Waals surface area contributed by atoms with E-state index in [1.54, 1.807) is 17.8 Å². The van der Waals surface area contributed by atoms with E-state index < -0.39 is 0 Å². The van der Waals surface area contributed by atoms with Crippen LogP contribution >= 0.6 is 0 Å². The van der Waals surface area contributed by atoms with Gasteiger partial charge < -0.3 is 15.2 Å². The number of aliphatic hydroxyl groups excluding tert-OH is 1. The van der Waals surface area contributed by atoms with Crippen molar-refractivity contribution in [3.63, 3.8) is 0 Å². The average molecular weight is 422 g/mol. The van der Waals surface area contributed by atoms with Crippen LogP contribution in [0.2, 0.25) is 0 Å². The van der Waals surface area contributed by atoms with Gasteiger partial charge in [0.15, 0.2) is 5.65 Å². The maximum atomic E-state index is 13.0. The Balaban J connectivity index is 1.32. The fourth-order valence-electron chi connectivity index (χ4n) is 5.86. The summed E-state index contributed by atoms with van der Waals surface area (Å²) in [6, 6.07) is 4.32. The first-order valence-electron chi connectivity index (χ1n) is 11.0. The van der Waals surface area contributed by atoms with E-state index in [-0.39, 0.29) is 18.3 Å². The Bertz CT molecular complexity index is 1250. The molecule has 1 spiro atoms. The third-order valence-electron chi connectivity index (χ3n) is 7.52. The largest absolute Gasteiger partial charge is 0.493 e. The molecule has 2 aliphatic carbocycles. The molecule has 3 aromatic rings. The number of ether oxygens (including phenoxy) is 1. The van der Waals surface area contributed by atoms with Gasteiger partial charge in [0.05, 0.1) is 12.8 Å². The van der Waals surface area contributed by atoms with Crippen molar-refractivity contribution in [2.24, 2.45) is 18.4 Å². The van der Waals surface area contributed by atoms with Gasteiger partial charge in [-0.3, -0.25) is 9.13 Å². The van der Waals surface area contributed by atoms with Crippen molar-refractivity contribution in [1.29, 1.82) is 0 Å². The highest BCUT2D eigenvalue weighted by Gasteiger charge is 2.53. The number of nitrogens with one attached hydrogen (secondary N) is 1. The molecule has 0 radical (unpaired) electrons. The second-order valence-electron chi connectivity index (χ2n) is 9.63. The van der Waals surface area contributed by atoms with Gasteiger partial charge in [0.2, 0.25) is 5.95 Å². The summed E-state index contributed by atoms with van der Waals surface area (Å²) < 4.78 is 9.14. The molecule has 31 heavy (non-hydrogen) atoms. The molecule has 2 N–H and O–H groups in total. The predicted octanol–water partition coefficient (Wildman–Crippen LogP) is 2.84. The van der Waals surface area contributed by atoms with Crippen LogP contribution in [0.5, 0.6) is 5.75 Å². The highest BCUT2D eigenvalue weighted by Crippen LogP contribution is 2.62. The topological polar surface area (TPSA) is 94.2 Å². The molecular weight excluding hydrogens is 394 g/mol. The second-order valence-corrected chi connectivity index (χ2v) is 9.63. The van der Waals surface area contributed by atoms with E-state index in [0.717, 1.165) is 61.2 Å². The number of imidazole rings is 1. The first-order valence-corrected chi connectivity index (χ1v) is 11.0. The van der Waals surface area contributed by atoms with Crippen LogP contribution in [0, 0.1) is 18.3 Å². The van der Waals surface area contributed by atoms with Crippen molar-refractivity contribution in [3.05, 3.63) is 39.9 Å². The van der Waals surface area contributed by atoms with Crippen LogP contribution in [0.15, 0.2) is 23.1 Å². The Kier molecular flexibility index (Phi) is 3.99. The van der Waals surface area contributed by atoms with E-state index in [9.17, 15) is 9.90 Å². The molecule has 0 atom stereocenters. The molecule has 0 unspecified atom stereocenters. The number of benzene rings is 1. The highest BCUT2D eigenvalue weighted by atomic mass is 16.5. The van der Waals surface area contributed by atoms with Crippen LogP contribution in [0.4, 0.5) is 11.6 Å². The lowest BCUT2D eigenvalue weighted by Gasteiger charge is -2.57. The fourth-order valence-corrected chi connectivity index (χ4v) is 5.86. The van der Waals surface area contributed by atoms with Crippen molar-refractivity contribution in [2.45, 2.75) is 45.1 Å². The number of rotatable bonds is 4. The fraction of sp³-hybridized carbons (Fsp3) is 0.522. The standard InChI is InChI=1S/C23H27N5O3/c1-13-5-19-15(3-4-31-19)6-17(13)25-21-24-11-18-20(26-21)28(22(30)27(18)2)16-9-23(10-16)7-14(8-23)12-29/h5-6,11,14,16,29H,3-4,7-10,12H2,1-2H3,(H,24,25,26). The number of aliphatic hydroxyl groups is 1. The summed E-state index contributed by atoms with van der Waals surface area (Å²) in [5.41, 5.74) is 4.93. The number of anilines is 2. The number of nitrogens with zero attached hydrogens (tertiary/aromatic N) is 4. The number of aromatic nitrogens is 4. The third kappa shape index (κ3) is 2.81. The lowest BCUT2D eigenvalue weighted by Crippen LogP contribution is -2.50. The minimum absolute atomic E-state index is 0.0369. The summed E-state index contributed by atoms with van der Waals surface area (Å²) in [6.45, 7) is 3.03. The van der Waals surface area contributed by atoms with Crippen LogP contribution in [0.25, 0.3) is 11.2 Å². The minimum atomic E-state index is -0.0369. The molecule has 3 aliphatic rings. The van der Waals surface area contributed by atoms with Crippen LogP contribution < -0.4 is 15.7 Å². The Morgan fingerprint density at radius 1 is 1.29 bits per heavy atom. The quantitative estimate of drug-likeness (QED) is 0.673. The number of aryl methyl sites for hydroxylation is 2. The van der Waals surface area contributed by atoms with Gasteiger partial charge in [0, 0.05) is 31.8 Å². The summed E-state index contributed by atoms with van der Waals surface area (Å²) in [6.07, 6.45) is 6.75. The molecule has 8 nitrogen and oxygen atoms in total. The SMILES string of the molecule is Cc1cc2c(cc1Nc1ncc3c(n1)n(C1CC4(CC(CO)C4)C1)c(=O)n3C)CCO2. The number of hydrogen-bond acceptors (Lipinski definition) is 6. The lowest BCUT2D eigenvalue weighted by molar-refractivity contribution is -0.0773. The highest BCUT2D eigenvalue weighted by molar-refractivity contribution is 5.73. The van der Waals surface area contributed by atoms with Crippen molar-refractivity contribution < 1.29 is 9.84 Å². The van der Waals surface area contributed by atoms with Crippen molar-refractivity contribution in [2.75, 3.05) is 18.5 Å². The third-order valence-corrected chi connectivity index (χ3v) is 7.52. The van der Waals surface area contributed by atoms with Crippen LogP contribution in [-0.2, 0) is 13.5 Å². The van der Waals surface area contributed by atoms with E-state index in [2.05, 4.69) is 16.4 Å². The molecule has 2 aromatic heterocycles. The molecule has 162 valence electrons. The van der Waals surface area contributed by atoms with Gasteiger partial charge in [-0.25, -0.2) is 9.78 Å². The number of fused-ring (bicyclic) bond motifs is 2. The van der Waals surface area contributed by atoms with E-state index in [0.29, 0.717) is 22.9 Å². The molecule has 1 aliphatic heterocycles. The average Bonchev–Trinajstić information content (AvgIpc) is 3.23. The summed E-state index contributed by atoms with van der Waals surface area (Å²) in [7, 11) is 1.78. The maximum Gasteiger partial charge on any atom is 0.330 e. The molecule has 0 amide bonds. The first kappa shape index (κ1) is 18.9. The predicted molar refractivity (Wildman–Crippen MR) is 117 cm³/mol. The van der Waals surface area contributed by atoms with E-state index in [1.165, 1.54) is 5.56 Å². The molecule has 3 heterocycles. The monoisotopic (exact) mass is 421 g/mol. The van der Waals surface area contributed by atoms with Gasteiger partial charge in [0.1, 0.15) is 11.3 Å². The van der Waals surface area contributed by atoms with Gasteiger partial charge in [-0.1, -0.05) is 0 Å². The molecule has 0 saturated heterocycles. The summed E-state index contributed by atoms with van der Waals surface area (Å²) in [5, 5.41) is 12.7. The lowest BCUT2D eigenvalue weighted by atomic mass is 9.50. The Morgan fingerprint density at radius 3 is 2.87 bits per heavy atom. The normalized spacial score (nSPS) is 26.4. The van der Waals surface area contributed by atoms with Crippen LogP contribution in [0.3, 0.4) is 0 Å². The van der Waals surface area contributed by atoms with Gasteiger partial charge in [-0.2, -0.15) is 4.98 Å². The summed E-state index contributed by atoms with van der Waals surface area (Å²) >= 11 is 0. The molecular formula is C23H27N5O3. The van der Waals surface area contributed by atoms with Gasteiger partial charge in [0.25, 0.3) is 0 Å². The van der Waals surface area contributed by atoms with E-state index in [4.69, 9.17) is 9.72 Å². The van der Waals surface area contributed by atoms with Crippen LogP contribution in [0.1, 0.15) is 42.9 Å². The zero-order valence-electron chi connectivity index (χ0n) is 17.9. The van der Waals surface area contributed by atoms with E-state index in [1.807, 2.05) is 17.6 Å². The summed E-state index contributed by atoms with van der Waals surface area (Å²) in [5.74, 6) is 1.88. The Labute approximate surface area is 179 Å². The molecule has 1 aromatic carbocycles. The van der Waals surface area contributed by atoms with Crippen molar-refractivity contribution in [3.8, 4) is 5.75 Å². The Hall–Kier alpha value is -2.87. The Morgan fingerprint density at radius 2 is 2.10 bits per heavy atom. The minimum Gasteiger partial charge on any atom is -0.493 e. The molecule has 6 rings (SSSR count). The maximum absolute atomic E-state index is 13.0. The second kappa shape index (κ2) is 6.56. The zero-order valence-corrected chi connectivity index (χ0v) is 17.9. The molecule has 8 heteroatoms. The van der Waals surface area contributed by atoms with Crippen LogP contribution in [-0.4, -0.2) is 37.4 Å². The zero-order chi connectivity index (χ0) is 21.3. The summed E-state index contributed by atoms with van der Waals surface area (Å²) in [4.78, 5) is 22.2. The van der Waals surface area contributed by atoms with Gasteiger partial charge >= 0.3 is 5.69 Å². The van der Waals surface area contributed by atoms with Crippen molar-refractivity contribution in [1.82, 2.24) is 19.1 Å². The van der Waals surface area contributed by atoms with Gasteiger partial charge in [-0.15, -0.1) is 0 Å². The molecule has 2 fully saturated rings. The van der Waals surface area contributed by atoms with E-state index >= 15 is 0 Å². The van der Waals surface area contributed by atoms with Gasteiger partial charge in [-0.05, 0) is 67.2 Å². The molecule has 2 saturated carbocycles. The smallest absolute Gasteiger partial charge is 0.330 e. The molecule has 0 bridgehead atoms.